The zero-order valence-electron chi connectivity index (χ0n) is 19.9. The van der Waals surface area contributed by atoms with Crippen molar-refractivity contribution in [2.75, 3.05) is 6.54 Å². The molecule has 0 aliphatic rings. The SMILES string of the molecule is CC(C)N=C(N)CCNC(=O)c1ccc2c(c1)nc(-c1ccc(Cl)c(Cl)c1)n2Cc1ccc(Cl)cc1. The van der Waals surface area contributed by atoms with Gasteiger partial charge in [-0.2, -0.15) is 0 Å². The van der Waals surface area contributed by atoms with Crippen molar-refractivity contribution in [1.82, 2.24) is 14.9 Å². The van der Waals surface area contributed by atoms with Crippen LogP contribution in [0.5, 0.6) is 0 Å². The van der Waals surface area contributed by atoms with Crippen LogP contribution in [0.25, 0.3) is 22.4 Å². The Morgan fingerprint density at radius 2 is 1.78 bits per heavy atom. The van der Waals surface area contributed by atoms with E-state index in [9.17, 15) is 4.79 Å². The van der Waals surface area contributed by atoms with Crippen LogP contribution in [0.1, 0.15) is 36.2 Å². The van der Waals surface area contributed by atoms with Crippen LogP contribution in [0.2, 0.25) is 15.1 Å². The minimum atomic E-state index is -0.197. The zero-order chi connectivity index (χ0) is 25.8. The number of carbonyl (C=O) groups excluding carboxylic acids is 1. The number of amidine groups is 1. The van der Waals surface area contributed by atoms with Crippen LogP contribution in [0.3, 0.4) is 0 Å². The van der Waals surface area contributed by atoms with E-state index in [1.807, 2.05) is 50.2 Å². The molecule has 0 aliphatic heterocycles. The molecule has 36 heavy (non-hydrogen) atoms. The Hall–Kier alpha value is -3.06. The van der Waals surface area contributed by atoms with Crippen LogP contribution in [0.15, 0.2) is 65.7 Å². The summed E-state index contributed by atoms with van der Waals surface area (Å²) < 4.78 is 2.09. The summed E-state index contributed by atoms with van der Waals surface area (Å²) in [5.41, 5.74) is 9.87. The Morgan fingerprint density at radius 3 is 2.47 bits per heavy atom. The average molecular weight is 543 g/mol. The zero-order valence-corrected chi connectivity index (χ0v) is 22.2. The van der Waals surface area contributed by atoms with Crippen molar-refractivity contribution >= 4 is 57.6 Å². The van der Waals surface area contributed by atoms with Gasteiger partial charge in [-0.15, -0.1) is 0 Å². The van der Waals surface area contributed by atoms with Crippen LogP contribution < -0.4 is 11.1 Å². The number of nitrogens with one attached hydrogen (secondary N) is 1. The van der Waals surface area contributed by atoms with E-state index in [4.69, 9.17) is 45.5 Å². The molecule has 1 heterocycles. The molecule has 9 heteroatoms. The number of carbonyl (C=O) groups is 1. The number of aromatic nitrogens is 2. The molecule has 0 aliphatic carbocycles. The van der Waals surface area contributed by atoms with E-state index in [1.54, 1.807) is 24.3 Å². The minimum Gasteiger partial charge on any atom is -0.387 e. The summed E-state index contributed by atoms with van der Waals surface area (Å²) in [6, 6.07) is 18.7. The topological polar surface area (TPSA) is 85.3 Å². The maximum absolute atomic E-state index is 12.8. The van der Waals surface area contributed by atoms with Gasteiger partial charge in [0, 0.05) is 41.7 Å². The predicted molar refractivity (Wildman–Crippen MR) is 149 cm³/mol. The molecule has 4 aromatic rings. The summed E-state index contributed by atoms with van der Waals surface area (Å²) >= 11 is 18.5. The Bertz CT molecular complexity index is 1430. The highest BCUT2D eigenvalue weighted by atomic mass is 35.5. The molecule has 0 spiro atoms. The largest absolute Gasteiger partial charge is 0.387 e. The minimum absolute atomic E-state index is 0.121. The Balaban J connectivity index is 1.67. The van der Waals surface area contributed by atoms with Crippen molar-refractivity contribution < 1.29 is 4.79 Å². The van der Waals surface area contributed by atoms with E-state index in [0.29, 0.717) is 57.3 Å². The molecule has 6 nitrogen and oxygen atoms in total. The first-order chi connectivity index (χ1) is 17.2. The van der Waals surface area contributed by atoms with Crippen LogP contribution in [-0.2, 0) is 6.54 Å². The van der Waals surface area contributed by atoms with Crippen LogP contribution in [0.4, 0.5) is 0 Å². The summed E-state index contributed by atoms with van der Waals surface area (Å²) in [6.45, 7) is 4.87. The first kappa shape index (κ1) is 26.0. The van der Waals surface area contributed by atoms with Gasteiger partial charge in [0.15, 0.2) is 0 Å². The van der Waals surface area contributed by atoms with Gasteiger partial charge >= 0.3 is 0 Å². The Kier molecular flexibility index (Phi) is 8.19. The normalized spacial score (nSPS) is 11.9. The van der Waals surface area contributed by atoms with E-state index in [1.165, 1.54) is 0 Å². The number of halogens is 3. The number of imidazole rings is 1. The highest BCUT2D eigenvalue weighted by molar-refractivity contribution is 6.42. The first-order valence-corrected chi connectivity index (χ1v) is 12.6. The van der Waals surface area contributed by atoms with Crippen LogP contribution in [0, 0.1) is 0 Å². The number of benzene rings is 3. The molecule has 0 saturated heterocycles. The third kappa shape index (κ3) is 6.19. The maximum atomic E-state index is 12.8. The van der Waals surface area contributed by atoms with Crippen molar-refractivity contribution in [1.29, 1.82) is 0 Å². The third-order valence-electron chi connectivity index (χ3n) is 5.53. The number of nitrogens with two attached hydrogens (primary N) is 1. The Morgan fingerprint density at radius 1 is 1.03 bits per heavy atom. The van der Waals surface area contributed by atoms with Crippen LogP contribution >= 0.6 is 34.8 Å². The van der Waals surface area contributed by atoms with Gasteiger partial charge in [-0.1, -0.05) is 46.9 Å². The molecule has 3 N–H and O–H groups in total. The van der Waals surface area contributed by atoms with Gasteiger partial charge in [0.2, 0.25) is 0 Å². The molecule has 186 valence electrons. The lowest BCUT2D eigenvalue weighted by molar-refractivity contribution is 0.0955. The number of hydrogen-bond acceptors (Lipinski definition) is 3. The van der Waals surface area contributed by atoms with Gasteiger partial charge in [0.25, 0.3) is 5.91 Å². The van der Waals surface area contributed by atoms with Gasteiger partial charge in [0.1, 0.15) is 5.82 Å². The quantitative estimate of drug-likeness (QED) is 0.194. The molecule has 1 amide bonds. The standard InChI is InChI=1S/C27H26Cl3N5O/c1-16(2)33-25(31)11-12-32-27(36)19-6-10-24-23(14-19)34-26(18-5-9-21(29)22(30)13-18)35(24)15-17-3-7-20(28)8-4-17/h3-10,13-14,16H,11-12,15H2,1-2H3,(H2,31,33)(H,32,36). The molecular weight excluding hydrogens is 517 g/mol. The molecule has 0 saturated carbocycles. The molecule has 3 aromatic carbocycles. The first-order valence-electron chi connectivity index (χ1n) is 11.5. The highest BCUT2D eigenvalue weighted by Gasteiger charge is 2.16. The highest BCUT2D eigenvalue weighted by Crippen LogP contribution is 2.31. The molecule has 0 unspecified atom stereocenters. The molecular formula is C27H26Cl3N5O. The third-order valence-corrected chi connectivity index (χ3v) is 6.52. The van der Waals surface area contributed by atoms with E-state index in [-0.39, 0.29) is 11.9 Å². The average Bonchev–Trinajstić information content (AvgIpc) is 3.19. The fourth-order valence-electron chi connectivity index (χ4n) is 3.86. The van der Waals surface area contributed by atoms with Crippen molar-refractivity contribution in [3.05, 3.63) is 86.9 Å². The van der Waals surface area contributed by atoms with Crippen molar-refractivity contribution in [3.63, 3.8) is 0 Å². The molecule has 1 aromatic heterocycles. The van der Waals surface area contributed by atoms with Gasteiger partial charge < -0.3 is 15.6 Å². The van der Waals surface area contributed by atoms with Gasteiger partial charge in [-0.3, -0.25) is 9.79 Å². The fourth-order valence-corrected chi connectivity index (χ4v) is 4.29. The second-order valence-corrected chi connectivity index (χ2v) is 9.95. The summed E-state index contributed by atoms with van der Waals surface area (Å²) in [7, 11) is 0. The number of hydrogen-bond donors (Lipinski definition) is 2. The van der Waals surface area contributed by atoms with Crippen molar-refractivity contribution in [2.24, 2.45) is 10.7 Å². The number of rotatable bonds is 8. The lowest BCUT2D eigenvalue weighted by Crippen LogP contribution is -2.28. The fraction of sp³-hybridized carbons (Fsp3) is 0.222. The molecule has 0 fully saturated rings. The van der Waals surface area contributed by atoms with Crippen molar-refractivity contribution in [3.8, 4) is 11.4 Å². The van der Waals surface area contributed by atoms with E-state index in [2.05, 4.69) is 14.9 Å². The number of nitrogens with zero attached hydrogens (tertiary/aromatic N) is 3. The van der Waals surface area contributed by atoms with Gasteiger partial charge in [-0.25, -0.2) is 4.98 Å². The second-order valence-electron chi connectivity index (χ2n) is 8.70. The number of amides is 1. The summed E-state index contributed by atoms with van der Waals surface area (Å²) in [5.74, 6) is 1.04. The summed E-state index contributed by atoms with van der Waals surface area (Å²) in [6.07, 6.45) is 0.489. The van der Waals surface area contributed by atoms with Gasteiger partial charge in [-0.05, 0) is 67.9 Å². The summed E-state index contributed by atoms with van der Waals surface area (Å²) in [4.78, 5) is 21.9. The Labute approximate surface area is 225 Å². The number of fused-ring (bicyclic) bond motifs is 1. The van der Waals surface area contributed by atoms with E-state index < -0.39 is 0 Å². The summed E-state index contributed by atoms with van der Waals surface area (Å²) in [5, 5.41) is 4.49. The van der Waals surface area contributed by atoms with E-state index >= 15 is 0 Å². The monoisotopic (exact) mass is 541 g/mol. The smallest absolute Gasteiger partial charge is 0.251 e. The number of aliphatic imine (C=N–C) groups is 1. The lowest BCUT2D eigenvalue weighted by atomic mass is 10.1. The molecule has 0 bridgehead atoms. The van der Waals surface area contributed by atoms with Crippen LogP contribution in [-0.4, -0.2) is 33.9 Å². The molecule has 4 rings (SSSR count). The second kappa shape index (κ2) is 11.3. The molecule has 0 radical (unpaired) electrons. The molecule has 0 atom stereocenters. The predicted octanol–water partition coefficient (Wildman–Crippen LogP) is 6.60. The van der Waals surface area contributed by atoms with Crippen molar-refractivity contribution in [2.45, 2.75) is 32.9 Å². The lowest BCUT2D eigenvalue weighted by Gasteiger charge is -2.11. The van der Waals surface area contributed by atoms with E-state index in [0.717, 1.165) is 16.6 Å². The van der Waals surface area contributed by atoms with Gasteiger partial charge in [0.05, 0.1) is 26.9 Å². The maximum Gasteiger partial charge on any atom is 0.251 e.